The summed E-state index contributed by atoms with van der Waals surface area (Å²) in [5.41, 5.74) is -3.03. The summed E-state index contributed by atoms with van der Waals surface area (Å²) in [6, 6.07) is 0. The van der Waals surface area contributed by atoms with Crippen LogP contribution in [0.2, 0.25) is 0 Å². The van der Waals surface area contributed by atoms with Crippen LogP contribution in [-0.2, 0) is 14.3 Å². The van der Waals surface area contributed by atoms with Crippen molar-refractivity contribution in [3.63, 3.8) is 0 Å². The topological polar surface area (TPSA) is 84.9 Å². The van der Waals surface area contributed by atoms with Gasteiger partial charge < -0.3 is 19.9 Å². The number of hydrogen-bond donors (Lipinski definition) is 2. The highest BCUT2D eigenvalue weighted by Crippen LogP contribution is 2.35. The zero-order valence-electron chi connectivity index (χ0n) is 11.2. The van der Waals surface area contributed by atoms with Gasteiger partial charge in [-0.25, -0.2) is 9.59 Å². The maximum Gasteiger partial charge on any atom is 0.414 e. The molecule has 2 N–H and O–H groups in total. The lowest BCUT2D eigenvalue weighted by molar-refractivity contribution is -0.206. The number of rotatable bonds is 2. The van der Waals surface area contributed by atoms with Crippen molar-refractivity contribution in [2.75, 3.05) is 6.61 Å². The molecule has 0 spiro atoms. The summed E-state index contributed by atoms with van der Waals surface area (Å²) in [7, 11) is 0. The van der Waals surface area contributed by atoms with Crippen molar-refractivity contribution >= 4 is 12.1 Å². The van der Waals surface area contributed by atoms with E-state index in [0.717, 1.165) is 0 Å². The highest BCUT2D eigenvalue weighted by molar-refractivity contribution is 5.85. The molecule has 0 radical (unpaired) electrons. The van der Waals surface area contributed by atoms with E-state index in [1.807, 2.05) is 5.32 Å². The van der Waals surface area contributed by atoms with Gasteiger partial charge in [0.25, 0.3) is 0 Å². The van der Waals surface area contributed by atoms with E-state index in [9.17, 15) is 22.8 Å². The first kappa shape index (κ1) is 16.5. The van der Waals surface area contributed by atoms with Crippen LogP contribution in [0.5, 0.6) is 0 Å². The van der Waals surface area contributed by atoms with Gasteiger partial charge in [0, 0.05) is 6.42 Å². The second-order valence-corrected chi connectivity index (χ2v) is 5.56. The van der Waals surface area contributed by atoms with Crippen molar-refractivity contribution in [2.45, 2.75) is 50.6 Å². The van der Waals surface area contributed by atoms with Gasteiger partial charge in [0.2, 0.25) is 0 Å². The van der Waals surface area contributed by atoms with Gasteiger partial charge in [0.15, 0.2) is 11.6 Å². The van der Waals surface area contributed by atoms with Crippen LogP contribution in [0.1, 0.15) is 27.2 Å². The number of aliphatic carboxylic acids is 1. The van der Waals surface area contributed by atoms with Crippen molar-refractivity contribution < 1.29 is 37.3 Å². The Kier molecular flexibility index (Phi) is 4.23. The highest BCUT2D eigenvalue weighted by Gasteiger charge is 2.56. The van der Waals surface area contributed by atoms with Crippen LogP contribution in [-0.4, -0.2) is 47.2 Å². The summed E-state index contributed by atoms with van der Waals surface area (Å²) in [6.45, 7) is 3.86. The third-order valence-electron chi connectivity index (χ3n) is 2.58. The van der Waals surface area contributed by atoms with Crippen molar-refractivity contribution in [1.82, 2.24) is 5.32 Å². The van der Waals surface area contributed by atoms with Gasteiger partial charge in [0.1, 0.15) is 5.60 Å². The van der Waals surface area contributed by atoms with E-state index in [1.54, 1.807) is 20.8 Å². The minimum atomic E-state index is -4.69. The maximum absolute atomic E-state index is 12.5. The smallest absolute Gasteiger partial charge is 0.414 e. The predicted molar refractivity (Wildman–Crippen MR) is 60.1 cm³/mol. The molecule has 0 aromatic heterocycles. The summed E-state index contributed by atoms with van der Waals surface area (Å²) < 4.78 is 46.8. The summed E-state index contributed by atoms with van der Waals surface area (Å²) >= 11 is 0. The second-order valence-electron chi connectivity index (χ2n) is 5.56. The van der Waals surface area contributed by atoms with Crippen LogP contribution in [0.3, 0.4) is 0 Å². The molecule has 1 fully saturated rings. The van der Waals surface area contributed by atoms with Crippen LogP contribution in [0.15, 0.2) is 0 Å². The molecular weight excluding hydrogens is 283 g/mol. The van der Waals surface area contributed by atoms with Gasteiger partial charge in [-0.15, -0.1) is 0 Å². The second kappa shape index (κ2) is 5.12. The van der Waals surface area contributed by atoms with Gasteiger partial charge in [-0.2, -0.15) is 13.2 Å². The van der Waals surface area contributed by atoms with Crippen molar-refractivity contribution in [1.29, 1.82) is 0 Å². The van der Waals surface area contributed by atoms with Gasteiger partial charge in [0.05, 0.1) is 6.61 Å². The average molecular weight is 299 g/mol. The lowest BCUT2D eigenvalue weighted by Gasteiger charge is -2.27. The largest absolute Gasteiger partial charge is 0.479 e. The molecule has 0 saturated carbocycles. The molecule has 1 amide bonds. The summed E-state index contributed by atoms with van der Waals surface area (Å²) in [4.78, 5) is 22.7. The first-order valence-corrected chi connectivity index (χ1v) is 5.79. The van der Waals surface area contributed by atoms with Crippen LogP contribution >= 0.6 is 0 Å². The van der Waals surface area contributed by atoms with E-state index < -0.39 is 48.5 Å². The molecule has 2 atom stereocenters. The Morgan fingerprint density at radius 3 is 2.25 bits per heavy atom. The number of ether oxygens (including phenoxy) is 2. The van der Waals surface area contributed by atoms with Crippen LogP contribution < -0.4 is 5.32 Å². The van der Waals surface area contributed by atoms with Gasteiger partial charge in [-0.3, -0.25) is 0 Å². The third-order valence-corrected chi connectivity index (χ3v) is 2.58. The average Bonchev–Trinajstić information content (AvgIpc) is 2.59. The highest BCUT2D eigenvalue weighted by atomic mass is 19.4. The molecule has 0 aromatic rings. The van der Waals surface area contributed by atoms with Crippen molar-refractivity contribution in [3.8, 4) is 0 Å². The van der Waals surface area contributed by atoms with Gasteiger partial charge in [-0.05, 0) is 20.8 Å². The van der Waals surface area contributed by atoms with Gasteiger partial charge in [-0.1, -0.05) is 0 Å². The van der Waals surface area contributed by atoms with E-state index in [2.05, 4.69) is 4.74 Å². The molecular formula is C11H16F3NO5. The lowest BCUT2D eigenvalue weighted by atomic mass is 9.96. The predicted octanol–water partition coefficient (Wildman–Crippen LogP) is 1.69. The maximum atomic E-state index is 12.5. The van der Waals surface area contributed by atoms with E-state index in [4.69, 9.17) is 9.84 Å². The molecule has 0 bridgehead atoms. The molecule has 1 aliphatic rings. The fourth-order valence-corrected chi connectivity index (χ4v) is 1.68. The van der Waals surface area contributed by atoms with Crippen LogP contribution in [0, 0.1) is 0 Å². The molecule has 6 nitrogen and oxygen atoms in total. The Hall–Kier alpha value is -1.51. The number of nitrogens with one attached hydrogen (secondary N) is 1. The number of carbonyl (C=O) groups is 2. The summed E-state index contributed by atoms with van der Waals surface area (Å²) in [5, 5.41) is 11.0. The molecule has 20 heavy (non-hydrogen) atoms. The summed E-state index contributed by atoms with van der Waals surface area (Å²) in [5.74, 6) is -1.60. The number of carboxylic acids is 1. The molecule has 116 valence electrons. The summed E-state index contributed by atoms with van der Waals surface area (Å²) in [6.07, 6.45) is -8.92. The number of halogens is 3. The monoisotopic (exact) mass is 299 g/mol. The van der Waals surface area contributed by atoms with Crippen LogP contribution in [0.25, 0.3) is 0 Å². The minimum Gasteiger partial charge on any atom is -0.479 e. The molecule has 0 aromatic carbocycles. The molecule has 9 heteroatoms. The molecule has 1 rings (SSSR count). The zero-order chi connectivity index (χ0) is 15.8. The van der Waals surface area contributed by atoms with E-state index in [1.165, 1.54) is 0 Å². The third kappa shape index (κ3) is 3.99. The SMILES string of the molecule is CC(C)(C)OC(=O)N[C@]1(C(=O)O)CO[C@H](C(F)(F)F)C1. The molecule has 1 heterocycles. The lowest BCUT2D eigenvalue weighted by Crippen LogP contribution is -2.56. The minimum absolute atomic E-state index is 0.772. The number of alkyl halides is 3. The number of carboxylic acid groups (broad SMARTS) is 1. The Morgan fingerprint density at radius 1 is 1.35 bits per heavy atom. The van der Waals surface area contributed by atoms with Crippen molar-refractivity contribution in [3.05, 3.63) is 0 Å². The standard InChI is InChI=1S/C11H16F3NO5/c1-9(2,3)20-8(18)15-10(7(16)17)4-6(19-5-10)11(12,13)14/h6H,4-5H2,1-3H3,(H,15,18)(H,16,17)/t6-,10-/m0/s1. The number of amides is 1. The van der Waals surface area contributed by atoms with E-state index in [0.29, 0.717) is 0 Å². The van der Waals surface area contributed by atoms with E-state index >= 15 is 0 Å². The quantitative estimate of drug-likeness (QED) is 0.810. The molecule has 0 aliphatic carbocycles. The Labute approximate surface area is 113 Å². The Bertz CT molecular complexity index is 404. The van der Waals surface area contributed by atoms with Crippen LogP contribution in [0.4, 0.5) is 18.0 Å². The Balaban J connectivity index is 2.81. The number of hydrogen-bond acceptors (Lipinski definition) is 4. The fraction of sp³-hybridized carbons (Fsp3) is 0.818. The van der Waals surface area contributed by atoms with Crippen molar-refractivity contribution in [2.24, 2.45) is 0 Å². The zero-order valence-corrected chi connectivity index (χ0v) is 11.2. The first-order valence-electron chi connectivity index (χ1n) is 5.79. The Morgan fingerprint density at radius 2 is 1.90 bits per heavy atom. The normalized spacial score (nSPS) is 27.2. The first-order chi connectivity index (χ1) is 8.86. The van der Waals surface area contributed by atoms with E-state index in [-0.39, 0.29) is 0 Å². The number of alkyl carbamates (subject to hydrolysis) is 1. The molecule has 1 saturated heterocycles. The number of carbonyl (C=O) groups excluding carboxylic acids is 1. The fourth-order valence-electron chi connectivity index (χ4n) is 1.68. The molecule has 0 unspecified atom stereocenters. The molecule has 1 aliphatic heterocycles. The van der Waals surface area contributed by atoms with Gasteiger partial charge >= 0.3 is 18.2 Å².